The van der Waals surface area contributed by atoms with Crippen LogP contribution in [0.5, 0.6) is 0 Å². The van der Waals surface area contributed by atoms with Crippen LogP contribution in [0.2, 0.25) is 0 Å². The average molecular weight is 452 g/mol. The fourth-order valence-corrected chi connectivity index (χ4v) is 3.69. The molecule has 1 aliphatic rings. The average Bonchev–Trinajstić information content (AvgIpc) is 3.51. The Morgan fingerprint density at radius 1 is 0.939 bits per heavy atom. The van der Waals surface area contributed by atoms with Gasteiger partial charge in [0.25, 0.3) is 5.89 Å². The maximum absolute atomic E-state index is 12.6. The van der Waals surface area contributed by atoms with E-state index in [2.05, 4.69) is 54.6 Å². The Labute approximate surface area is 188 Å². The summed E-state index contributed by atoms with van der Waals surface area (Å²) in [5.41, 5.74) is 3.55. The highest BCUT2D eigenvalue weighted by atomic mass is 19.3. The van der Waals surface area contributed by atoms with E-state index in [0.29, 0.717) is 17.9 Å². The molecule has 0 atom stereocenters. The molecule has 1 fully saturated rings. The van der Waals surface area contributed by atoms with Crippen molar-refractivity contribution in [1.82, 2.24) is 35.3 Å². The summed E-state index contributed by atoms with van der Waals surface area (Å²) >= 11 is 0. The highest BCUT2D eigenvalue weighted by Gasteiger charge is 2.17. The van der Waals surface area contributed by atoms with Gasteiger partial charge >= 0.3 is 6.43 Å². The number of nitrogens with zero attached hydrogens (tertiary/aromatic N) is 8. The van der Waals surface area contributed by atoms with Crippen LogP contribution in [-0.4, -0.2) is 68.5 Å². The number of piperazine rings is 1. The van der Waals surface area contributed by atoms with E-state index in [1.165, 1.54) is 4.80 Å². The zero-order valence-corrected chi connectivity index (χ0v) is 18.0. The van der Waals surface area contributed by atoms with Gasteiger partial charge in [0.15, 0.2) is 0 Å². The van der Waals surface area contributed by atoms with Crippen molar-refractivity contribution in [1.29, 1.82) is 0 Å². The van der Waals surface area contributed by atoms with Crippen LogP contribution in [0.15, 0.2) is 52.9 Å². The molecule has 33 heavy (non-hydrogen) atoms. The standard InChI is InChI=1S/C22H22F2N8O/c1-30-9-11-31(12-10-30)18-4-2-3-17(13-18)20-25-29-32(28-20)14-15-5-7-16(8-6-15)21-26-27-22(33-21)19(23)24/h2-8,13,19H,9-12,14H2,1H3. The van der Waals surface area contributed by atoms with Gasteiger partial charge in [0.05, 0.1) is 6.54 Å². The van der Waals surface area contributed by atoms with E-state index in [9.17, 15) is 8.78 Å². The molecule has 0 unspecified atom stereocenters. The van der Waals surface area contributed by atoms with Crippen LogP contribution in [-0.2, 0) is 6.54 Å². The van der Waals surface area contributed by atoms with E-state index in [4.69, 9.17) is 4.42 Å². The lowest BCUT2D eigenvalue weighted by molar-refractivity contribution is 0.116. The molecule has 2 aromatic carbocycles. The summed E-state index contributed by atoms with van der Waals surface area (Å²) in [6.07, 6.45) is -2.79. The third-order valence-corrected chi connectivity index (χ3v) is 5.58. The lowest BCUT2D eigenvalue weighted by atomic mass is 10.1. The number of hydrogen-bond donors (Lipinski definition) is 0. The minimum atomic E-state index is -2.79. The molecule has 3 heterocycles. The Kier molecular flexibility index (Phi) is 5.78. The number of aromatic nitrogens is 6. The van der Waals surface area contributed by atoms with E-state index in [0.717, 1.165) is 43.0 Å². The van der Waals surface area contributed by atoms with Gasteiger partial charge in [-0.25, -0.2) is 0 Å². The molecule has 1 saturated heterocycles. The topological polar surface area (TPSA) is 89.0 Å². The maximum Gasteiger partial charge on any atom is 0.314 e. The van der Waals surface area contributed by atoms with E-state index >= 15 is 0 Å². The second-order valence-electron chi connectivity index (χ2n) is 7.93. The minimum Gasteiger partial charge on any atom is -0.415 e. The Hall–Kier alpha value is -3.73. The van der Waals surface area contributed by atoms with E-state index < -0.39 is 12.3 Å². The van der Waals surface area contributed by atoms with E-state index in [-0.39, 0.29) is 5.89 Å². The van der Waals surface area contributed by atoms with Gasteiger partial charge in [-0.05, 0) is 42.1 Å². The van der Waals surface area contributed by atoms with Crippen LogP contribution in [0.25, 0.3) is 22.8 Å². The molecule has 0 radical (unpaired) electrons. The monoisotopic (exact) mass is 452 g/mol. The summed E-state index contributed by atoms with van der Waals surface area (Å²) in [4.78, 5) is 6.21. The third-order valence-electron chi connectivity index (χ3n) is 5.58. The SMILES string of the molecule is CN1CCN(c2cccc(-c3nnn(Cc4ccc(-c5nnc(C(F)F)o5)cc4)n3)c2)CC1. The summed E-state index contributed by atoms with van der Waals surface area (Å²) in [5, 5.41) is 19.9. The molecule has 5 rings (SSSR count). The molecule has 1 aliphatic heterocycles. The van der Waals surface area contributed by atoms with Gasteiger partial charge in [-0.1, -0.05) is 24.3 Å². The summed E-state index contributed by atoms with van der Waals surface area (Å²) in [6, 6.07) is 15.3. The van der Waals surface area contributed by atoms with Crippen molar-refractivity contribution < 1.29 is 13.2 Å². The van der Waals surface area contributed by atoms with E-state index in [1.54, 1.807) is 12.1 Å². The van der Waals surface area contributed by atoms with Crippen LogP contribution in [0.1, 0.15) is 17.9 Å². The number of hydrogen-bond acceptors (Lipinski definition) is 8. The van der Waals surface area contributed by atoms with Crippen molar-refractivity contribution in [3.05, 3.63) is 60.0 Å². The summed E-state index contributed by atoms with van der Waals surface area (Å²) in [5.74, 6) is -0.0728. The number of benzene rings is 2. The molecule has 0 aliphatic carbocycles. The largest absolute Gasteiger partial charge is 0.415 e. The van der Waals surface area contributed by atoms with Crippen molar-refractivity contribution in [2.75, 3.05) is 38.1 Å². The van der Waals surface area contributed by atoms with Gasteiger partial charge in [-0.3, -0.25) is 0 Å². The molecule has 0 amide bonds. The second kappa shape index (κ2) is 9.02. The van der Waals surface area contributed by atoms with Crippen LogP contribution in [0.4, 0.5) is 14.5 Å². The van der Waals surface area contributed by atoms with Gasteiger partial charge in [-0.15, -0.1) is 20.4 Å². The van der Waals surface area contributed by atoms with Gasteiger partial charge in [0.2, 0.25) is 11.7 Å². The zero-order valence-electron chi connectivity index (χ0n) is 18.0. The zero-order chi connectivity index (χ0) is 22.8. The first-order chi connectivity index (χ1) is 16.0. The first-order valence-corrected chi connectivity index (χ1v) is 10.6. The number of alkyl halides is 2. The molecular formula is C22H22F2N8O. The first-order valence-electron chi connectivity index (χ1n) is 10.6. The van der Waals surface area contributed by atoms with Crippen LogP contribution in [0, 0.1) is 0 Å². The van der Waals surface area contributed by atoms with Gasteiger partial charge < -0.3 is 14.2 Å². The summed E-state index contributed by atoms with van der Waals surface area (Å²) in [6.45, 7) is 4.47. The molecule has 170 valence electrons. The highest BCUT2D eigenvalue weighted by Crippen LogP contribution is 2.24. The molecular weight excluding hydrogens is 430 g/mol. The quantitative estimate of drug-likeness (QED) is 0.441. The Morgan fingerprint density at radius 2 is 1.73 bits per heavy atom. The Morgan fingerprint density at radius 3 is 2.45 bits per heavy atom. The third kappa shape index (κ3) is 4.72. The fourth-order valence-electron chi connectivity index (χ4n) is 3.69. The predicted octanol–water partition coefficient (Wildman–Crippen LogP) is 3.13. The molecule has 0 spiro atoms. The van der Waals surface area contributed by atoms with Crippen LogP contribution < -0.4 is 4.90 Å². The molecule has 2 aromatic heterocycles. The lowest BCUT2D eigenvalue weighted by Gasteiger charge is -2.34. The lowest BCUT2D eigenvalue weighted by Crippen LogP contribution is -2.44. The smallest absolute Gasteiger partial charge is 0.314 e. The molecule has 0 saturated carbocycles. The number of tetrazole rings is 1. The normalized spacial score (nSPS) is 14.8. The van der Waals surface area contributed by atoms with Crippen molar-refractivity contribution >= 4 is 5.69 Å². The van der Waals surface area contributed by atoms with Crippen molar-refractivity contribution in [3.8, 4) is 22.8 Å². The van der Waals surface area contributed by atoms with Crippen molar-refractivity contribution in [2.45, 2.75) is 13.0 Å². The molecule has 0 N–H and O–H groups in total. The van der Waals surface area contributed by atoms with Crippen LogP contribution >= 0.6 is 0 Å². The maximum atomic E-state index is 12.6. The molecule has 4 aromatic rings. The van der Waals surface area contributed by atoms with E-state index in [1.807, 2.05) is 24.3 Å². The predicted molar refractivity (Wildman–Crippen MR) is 117 cm³/mol. The van der Waals surface area contributed by atoms with Crippen LogP contribution in [0.3, 0.4) is 0 Å². The highest BCUT2D eigenvalue weighted by molar-refractivity contribution is 5.63. The van der Waals surface area contributed by atoms with Crippen molar-refractivity contribution in [2.24, 2.45) is 0 Å². The first kappa shape index (κ1) is 21.1. The molecule has 0 bridgehead atoms. The number of rotatable bonds is 6. The van der Waals surface area contributed by atoms with Crippen molar-refractivity contribution in [3.63, 3.8) is 0 Å². The summed E-state index contributed by atoms with van der Waals surface area (Å²) in [7, 11) is 2.14. The second-order valence-corrected chi connectivity index (χ2v) is 7.93. The Bertz CT molecular complexity index is 1220. The summed E-state index contributed by atoms with van der Waals surface area (Å²) < 4.78 is 30.3. The van der Waals surface area contributed by atoms with Gasteiger partial charge in [-0.2, -0.15) is 13.6 Å². The number of likely N-dealkylation sites (N-methyl/N-ethyl adjacent to an activating group) is 1. The molecule has 9 nitrogen and oxygen atoms in total. The number of anilines is 1. The molecule has 11 heteroatoms. The Balaban J connectivity index is 1.27. The minimum absolute atomic E-state index is 0.0539. The van der Waals surface area contributed by atoms with Gasteiger partial charge in [0.1, 0.15) is 0 Å². The number of halogens is 2. The fraction of sp³-hybridized carbons (Fsp3) is 0.318. The van der Waals surface area contributed by atoms with Gasteiger partial charge in [0, 0.05) is 43.0 Å².